The van der Waals surface area contributed by atoms with Crippen molar-refractivity contribution in [2.45, 2.75) is 77.3 Å². The highest BCUT2D eigenvalue weighted by atomic mass is 32.2. The standard InChI is InChI=1S/C29H41N3O4S/c1-22(28(34)30-25-13-9-10-14-25)31(20-19-23-11-7-6-8-12-23)27(33)21-32(37(5,35)36)26-17-15-24(16-18-26)29(2,3)4/h6-8,11-12,15-18,22,25H,9-10,13-14,19-21H2,1-5H3,(H,30,34)/t22-/m0/s1. The second-order valence-electron chi connectivity index (χ2n) is 11.1. The molecule has 0 aliphatic heterocycles. The van der Waals surface area contributed by atoms with Crippen molar-refractivity contribution in [2.24, 2.45) is 0 Å². The lowest BCUT2D eigenvalue weighted by atomic mass is 9.87. The van der Waals surface area contributed by atoms with E-state index in [9.17, 15) is 18.0 Å². The van der Waals surface area contributed by atoms with E-state index in [-0.39, 0.29) is 23.9 Å². The second kappa shape index (κ2) is 12.1. The summed E-state index contributed by atoms with van der Waals surface area (Å²) in [5.74, 6) is -0.607. The third-order valence-electron chi connectivity index (χ3n) is 7.05. The summed E-state index contributed by atoms with van der Waals surface area (Å²) in [4.78, 5) is 28.3. The fourth-order valence-electron chi connectivity index (χ4n) is 4.70. The molecule has 1 aliphatic carbocycles. The second-order valence-corrected chi connectivity index (χ2v) is 13.0. The molecule has 2 aromatic rings. The Kier molecular flexibility index (Phi) is 9.40. The van der Waals surface area contributed by atoms with E-state index in [0.29, 0.717) is 18.7 Å². The maximum atomic E-state index is 13.6. The number of amides is 2. The van der Waals surface area contributed by atoms with E-state index in [4.69, 9.17) is 0 Å². The van der Waals surface area contributed by atoms with Gasteiger partial charge in [-0.3, -0.25) is 13.9 Å². The summed E-state index contributed by atoms with van der Waals surface area (Å²) in [5.41, 5.74) is 2.45. The number of anilines is 1. The van der Waals surface area contributed by atoms with Crippen LogP contribution in [0.3, 0.4) is 0 Å². The molecular formula is C29H41N3O4S. The Labute approximate surface area is 222 Å². The van der Waals surface area contributed by atoms with Crippen molar-refractivity contribution in [1.29, 1.82) is 0 Å². The van der Waals surface area contributed by atoms with Crippen LogP contribution in [-0.4, -0.2) is 56.6 Å². The molecular weight excluding hydrogens is 486 g/mol. The molecule has 0 spiro atoms. The summed E-state index contributed by atoms with van der Waals surface area (Å²) < 4.78 is 26.6. The highest BCUT2D eigenvalue weighted by Crippen LogP contribution is 2.26. The summed E-state index contributed by atoms with van der Waals surface area (Å²) in [6.07, 6.45) is 5.74. The van der Waals surface area contributed by atoms with Crippen LogP contribution in [0.4, 0.5) is 5.69 Å². The van der Waals surface area contributed by atoms with Gasteiger partial charge in [0.2, 0.25) is 21.8 Å². The number of carbonyl (C=O) groups is 2. The lowest BCUT2D eigenvalue weighted by Gasteiger charge is -2.32. The molecule has 202 valence electrons. The molecule has 2 amide bonds. The van der Waals surface area contributed by atoms with Crippen molar-refractivity contribution < 1.29 is 18.0 Å². The van der Waals surface area contributed by atoms with E-state index in [1.165, 1.54) is 4.90 Å². The van der Waals surface area contributed by atoms with Gasteiger partial charge in [-0.05, 0) is 54.9 Å². The first kappa shape index (κ1) is 28.7. The predicted octanol–water partition coefficient (Wildman–Crippen LogP) is 4.27. The lowest BCUT2D eigenvalue weighted by Crippen LogP contribution is -2.53. The zero-order valence-electron chi connectivity index (χ0n) is 22.7. The Morgan fingerprint density at radius 1 is 1.00 bits per heavy atom. The molecule has 0 radical (unpaired) electrons. The van der Waals surface area contributed by atoms with E-state index in [0.717, 1.165) is 47.4 Å². The molecule has 0 saturated heterocycles. The molecule has 2 aromatic carbocycles. The number of benzene rings is 2. The van der Waals surface area contributed by atoms with Crippen molar-refractivity contribution in [3.63, 3.8) is 0 Å². The Morgan fingerprint density at radius 3 is 2.14 bits per heavy atom. The van der Waals surface area contributed by atoms with Gasteiger partial charge in [0.05, 0.1) is 11.9 Å². The Balaban J connectivity index is 1.83. The fraction of sp³-hybridized carbons (Fsp3) is 0.517. The molecule has 1 aliphatic rings. The van der Waals surface area contributed by atoms with Crippen LogP contribution in [-0.2, 0) is 31.4 Å². The van der Waals surface area contributed by atoms with Crippen LogP contribution in [0.1, 0.15) is 64.5 Å². The summed E-state index contributed by atoms with van der Waals surface area (Å²) in [6, 6.07) is 16.4. The number of nitrogens with zero attached hydrogens (tertiary/aromatic N) is 2. The number of nitrogens with one attached hydrogen (secondary N) is 1. The molecule has 1 atom stereocenters. The molecule has 1 saturated carbocycles. The highest BCUT2D eigenvalue weighted by molar-refractivity contribution is 7.92. The first-order valence-corrected chi connectivity index (χ1v) is 14.9. The van der Waals surface area contributed by atoms with Gasteiger partial charge in [0.15, 0.2) is 0 Å². The van der Waals surface area contributed by atoms with E-state index in [1.54, 1.807) is 19.1 Å². The monoisotopic (exact) mass is 527 g/mol. The normalized spacial score (nSPS) is 15.3. The van der Waals surface area contributed by atoms with E-state index >= 15 is 0 Å². The SMILES string of the molecule is C[C@@H](C(=O)NC1CCCC1)N(CCc1ccccc1)C(=O)CN(c1ccc(C(C)(C)C)cc1)S(C)(=O)=O. The predicted molar refractivity (Wildman–Crippen MR) is 149 cm³/mol. The van der Waals surface area contributed by atoms with E-state index in [1.807, 2.05) is 42.5 Å². The van der Waals surface area contributed by atoms with Crippen LogP contribution < -0.4 is 9.62 Å². The average molecular weight is 528 g/mol. The summed E-state index contributed by atoms with van der Waals surface area (Å²) in [7, 11) is -3.74. The number of sulfonamides is 1. The lowest BCUT2D eigenvalue weighted by molar-refractivity contribution is -0.139. The van der Waals surface area contributed by atoms with Gasteiger partial charge in [0, 0.05) is 12.6 Å². The molecule has 0 heterocycles. The number of hydrogen-bond donors (Lipinski definition) is 1. The number of hydrogen-bond acceptors (Lipinski definition) is 4. The molecule has 0 unspecified atom stereocenters. The van der Waals surface area contributed by atoms with Gasteiger partial charge in [-0.15, -0.1) is 0 Å². The Bertz CT molecular complexity index is 1150. The van der Waals surface area contributed by atoms with E-state index in [2.05, 4.69) is 26.1 Å². The Hall–Kier alpha value is -2.87. The maximum absolute atomic E-state index is 13.6. The van der Waals surface area contributed by atoms with Crippen LogP contribution in [0, 0.1) is 0 Å². The quantitative estimate of drug-likeness (QED) is 0.500. The van der Waals surface area contributed by atoms with Crippen molar-refractivity contribution in [1.82, 2.24) is 10.2 Å². The molecule has 0 bridgehead atoms. The topological polar surface area (TPSA) is 86.8 Å². The number of rotatable bonds is 10. The van der Waals surface area contributed by atoms with Gasteiger partial charge < -0.3 is 10.2 Å². The summed E-state index contributed by atoms with van der Waals surface area (Å²) >= 11 is 0. The summed E-state index contributed by atoms with van der Waals surface area (Å²) in [5, 5.41) is 3.08. The Morgan fingerprint density at radius 2 is 1.59 bits per heavy atom. The molecule has 0 aromatic heterocycles. The van der Waals surface area contributed by atoms with Crippen LogP contribution >= 0.6 is 0 Å². The number of carbonyl (C=O) groups excluding carboxylic acids is 2. The van der Waals surface area contributed by atoms with Crippen molar-refractivity contribution in [2.75, 3.05) is 23.7 Å². The highest BCUT2D eigenvalue weighted by Gasteiger charge is 2.31. The van der Waals surface area contributed by atoms with Crippen LogP contribution in [0.2, 0.25) is 0 Å². The zero-order chi connectivity index (χ0) is 27.2. The molecule has 8 heteroatoms. The first-order valence-electron chi connectivity index (χ1n) is 13.1. The van der Waals surface area contributed by atoms with Crippen molar-refractivity contribution >= 4 is 27.5 Å². The summed E-state index contributed by atoms with van der Waals surface area (Å²) in [6.45, 7) is 7.91. The fourth-order valence-corrected chi connectivity index (χ4v) is 5.55. The van der Waals surface area contributed by atoms with Crippen molar-refractivity contribution in [3.8, 4) is 0 Å². The van der Waals surface area contributed by atoms with Gasteiger partial charge in [0.1, 0.15) is 12.6 Å². The minimum Gasteiger partial charge on any atom is -0.352 e. The molecule has 3 rings (SSSR count). The van der Waals surface area contributed by atoms with Gasteiger partial charge >= 0.3 is 0 Å². The van der Waals surface area contributed by atoms with Gasteiger partial charge in [-0.25, -0.2) is 8.42 Å². The van der Waals surface area contributed by atoms with Gasteiger partial charge in [-0.1, -0.05) is 76.1 Å². The maximum Gasteiger partial charge on any atom is 0.244 e. The molecule has 1 N–H and O–H groups in total. The largest absolute Gasteiger partial charge is 0.352 e. The van der Waals surface area contributed by atoms with Gasteiger partial charge in [-0.2, -0.15) is 0 Å². The van der Waals surface area contributed by atoms with Crippen molar-refractivity contribution in [3.05, 3.63) is 65.7 Å². The van der Waals surface area contributed by atoms with Gasteiger partial charge in [0.25, 0.3) is 0 Å². The van der Waals surface area contributed by atoms with Crippen LogP contribution in [0.15, 0.2) is 54.6 Å². The third kappa shape index (κ3) is 8.06. The molecule has 7 nitrogen and oxygen atoms in total. The van der Waals surface area contributed by atoms with E-state index < -0.39 is 22.0 Å². The molecule has 1 fully saturated rings. The molecule has 37 heavy (non-hydrogen) atoms. The minimum absolute atomic E-state index is 0.0827. The minimum atomic E-state index is -3.74. The average Bonchev–Trinajstić information content (AvgIpc) is 3.35. The third-order valence-corrected chi connectivity index (χ3v) is 8.19. The first-order chi connectivity index (χ1) is 17.4. The smallest absolute Gasteiger partial charge is 0.244 e. The van der Waals surface area contributed by atoms with Crippen LogP contribution in [0.25, 0.3) is 0 Å². The van der Waals surface area contributed by atoms with Crippen LogP contribution in [0.5, 0.6) is 0 Å². The zero-order valence-corrected chi connectivity index (χ0v) is 23.6.